The molecule has 2 rings (SSSR count). The van der Waals surface area contributed by atoms with E-state index in [2.05, 4.69) is 6.07 Å². The van der Waals surface area contributed by atoms with Crippen molar-refractivity contribution in [1.82, 2.24) is 0 Å². The Bertz CT molecular complexity index is 249. The van der Waals surface area contributed by atoms with E-state index in [1.54, 1.807) is 23.7 Å². The minimum absolute atomic E-state index is 0.821. The molecular formula is C8H5OS. The fraction of sp³-hybridized carbons (Fsp3) is 0. The van der Waals surface area contributed by atoms with Gasteiger partial charge in [0.05, 0.1) is 6.26 Å². The number of furan rings is 1. The Morgan fingerprint density at radius 2 is 2.50 bits per heavy atom. The molecular weight excluding hydrogens is 144 g/mol. The highest BCUT2D eigenvalue weighted by Gasteiger charge is 1.98. The molecule has 0 fully saturated rings. The van der Waals surface area contributed by atoms with E-state index in [0.29, 0.717) is 0 Å². The van der Waals surface area contributed by atoms with E-state index in [-0.39, 0.29) is 0 Å². The number of thiophene rings is 1. The molecule has 2 heterocycles. The van der Waals surface area contributed by atoms with Crippen LogP contribution in [0.3, 0.4) is 0 Å². The van der Waals surface area contributed by atoms with Crippen molar-refractivity contribution in [3.63, 3.8) is 0 Å². The van der Waals surface area contributed by atoms with Crippen LogP contribution >= 0.6 is 11.3 Å². The SMILES string of the molecule is [c]1ccoc1-c1ccsc1. The number of hydrogen-bond acceptors (Lipinski definition) is 2. The van der Waals surface area contributed by atoms with Crippen LogP contribution in [-0.4, -0.2) is 0 Å². The summed E-state index contributed by atoms with van der Waals surface area (Å²) in [6.45, 7) is 0. The topological polar surface area (TPSA) is 13.1 Å². The van der Waals surface area contributed by atoms with Crippen LogP contribution in [-0.2, 0) is 0 Å². The molecule has 0 bridgehead atoms. The number of rotatable bonds is 1. The van der Waals surface area contributed by atoms with Gasteiger partial charge in [0.15, 0.2) is 0 Å². The first-order chi connectivity index (χ1) is 4.97. The van der Waals surface area contributed by atoms with Crippen LogP contribution in [0.4, 0.5) is 0 Å². The highest BCUT2D eigenvalue weighted by Crippen LogP contribution is 2.21. The average Bonchev–Trinajstić information content (AvgIpc) is 2.59. The van der Waals surface area contributed by atoms with E-state index in [1.165, 1.54) is 0 Å². The first kappa shape index (κ1) is 5.74. The molecule has 0 atom stereocenters. The van der Waals surface area contributed by atoms with Crippen molar-refractivity contribution in [2.24, 2.45) is 0 Å². The highest BCUT2D eigenvalue weighted by atomic mass is 32.1. The monoisotopic (exact) mass is 149 g/mol. The molecule has 1 nitrogen and oxygen atoms in total. The zero-order chi connectivity index (χ0) is 6.81. The highest BCUT2D eigenvalue weighted by molar-refractivity contribution is 7.08. The van der Waals surface area contributed by atoms with Crippen molar-refractivity contribution in [3.8, 4) is 11.3 Å². The molecule has 0 N–H and O–H groups in total. The third-order valence-electron chi connectivity index (χ3n) is 1.25. The molecule has 2 aromatic heterocycles. The van der Waals surface area contributed by atoms with Gasteiger partial charge in [-0.1, -0.05) is 0 Å². The molecule has 2 aromatic rings. The van der Waals surface area contributed by atoms with E-state index in [1.807, 2.05) is 16.8 Å². The first-order valence-electron chi connectivity index (χ1n) is 2.94. The van der Waals surface area contributed by atoms with E-state index in [4.69, 9.17) is 4.42 Å². The van der Waals surface area contributed by atoms with Crippen molar-refractivity contribution in [1.29, 1.82) is 0 Å². The standard InChI is InChI=1S/C8H5OS/c1-2-8(9-4-1)7-3-5-10-6-7/h1,3-6H. The Hall–Kier alpha value is -1.02. The van der Waals surface area contributed by atoms with Gasteiger partial charge >= 0.3 is 0 Å². The minimum Gasteiger partial charge on any atom is -0.464 e. The molecule has 2 heteroatoms. The van der Waals surface area contributed by atoms with Crippen LogP contribution in [0, 0.1) is 6.07 Å². The summed E-state index contributed by atoms with van der Waals surface area (Å²) in [5.41, 5.74) is 1.11. The Morgan fingerprint density at radius 3 is 3.10 bits per heavy atom. The molecule has 0 aliphatic heterocycles. The van der Waals surface area contributed by atoms with Gasteiger partial charge in [-0.2, -0.15) is 11.3 Å². The summed E-state index contributed by atoms with van der Waals surface area (Å²) in [4.78, 5) is 0. The Morgan fingerprint density at radius 1 is 1.50 bits per heavy atom. The maximum Gasteiger partial charge on any atom is 0.142 e. The zero-order valence-electron chi connectivity index (χ0n) is 5.20. The fourth-order valence-electron chi connectivity index (χ4n) is 0.791. The van der Waals surface area contributed by atoms with Gasteiger partial charge in [-0.15, -0.1) is 0 Å². The summed E-state index contributed by atoms with van der Waals surface area (Å²) in [5.74, 6) is 0.821. The van der Waals surface area contributed by atoms with Crippen molar-refractivity contribution >= 4 is 11.3 Å². The molecule has 0 saturated heterocycles. The zero-order valence-corrected chi connectivity index (χ0v) is 6.02. The van der Waals surface area contributed by atoms with E-state index in [9.17, 15) is 0 Å². The van der Waals surface area contributed by atoms with Gasteiger partial charge in [-0.05, 0) is 17.5 Å². The van der Waals surface area contributed by atoms with E-state index >= 15 is 0 Å². The minimum atomic E-state index is 0.821. The molecule has 0 aromatic carbocycles. The van der Waals surface area contributed by atoms with Crippen LogP contribution in [0.1, 0.15) is 0 Å². The summed E-state index contributed by atoms with van der Waals surface area (Å²) < 4.78 is 5.13. The van der Waals surface area contributed by atoms with Crippen LogP contribution in [0.25, 0.3) is 11.3 Å². The van der Waals surface area contributed by atoms with E-state index in [0.717, 1.165) is 11.3 Å². The quantitative estimate of drug-likeness (QED) is 0.607. The smallest absolute Gasteiger partial charge is 0.142 e. The van der Waals surface area contributed by atoms with Gasteiger partial charge in [0.25, 0.3) is 0 Å². The lowest BCUT2D eigenvalue weighted by atomic mass is 10.3. The fourth-order valence-corrected chi connectivity index (χ4v) is 1.43. The van der Waals surface area contributed by atoms with Crippen LogP contribution in [0.2, 0.25) is 0 Å². The molecule has 0 aliphatic rings. The van der Waals surface area contributed by atoms with Gasteiger partial charge in [0.1, 0.15) is 5.76 Å². The Labute approximate surface area is 62.9 Å². The number of hydrogen-bond donors (Lipinski definition) is 0. The molecule has 0 unspecified atom stereocenters. The van der Waals surface area contributed by atoms with Crippen LogP contribution in [0.5, 0.6) is 0 Å². The lowest BCUT2D eigenvalue weighted by Gasteiger charge is -1.84. The predicted molar refractivity (Wildman–Crippen MR) is 40.9 cm³/mol. The Kier molecular flexibility index (Phi) is 1.32. The second-order valence-electron chi connectivity index (χ2n) is 1.91. The largest absolute Gasteiger partial charge is 0.464 e. The Balaban J connectivity index is 2.48. The predicted octanol–water partition coefficient (Wildman–Crippen LogP) is 2.81. The summed E-state index contributed by atoms with van der Waals surface area (Å²) in [6, 6.07) is 6.76. The van der Waals surface area contributed by atoms with Gasteiger partial charge < -0.3 is 4.42 Å². The molecule has 10 heavy (non-hydrogen) atoms. The molecule has 49 valence electrons. The van der Waals surface area contributed by atoms with Gasteiger partial charge in [-0.3, -0.25) is 0 Å². The first-order valence-corrected chi connectivity index (χ1v) is 3.89. The van der Waals surface area contributed by atoms with Gasteiger partial charge in [0.2, 0.25) is 0 Å². The van der Waals surface area contributed by atoms with Crippen molar-refractivity contribution in [2.75, 3.05) is 0 Å². The third-order valence-corrected chi connectivity index (χ3v) is 1.93. The van der Waals surface area contributed by atoms with Crippen molar-refractivity contribution < 1.29 is 4.42 Å². The molecule has 0 saturated carbocycles. The molecule has 1 radical (unpaired) electrons. The maximum atomic E-state index is 5.13. The molecule has 0 amide bonds. The summed E-state index contributed by atoms with van der Waals surface area (Å²) in [6.07, 6.45) is 1.63. The van der Waals surface area contributed by atoms with Crippen molar-refractivity contribution in [2.45, 2.75) is 0 Å². The summed E-state index contributed by atoms with van der Waals surface area (Å²) >= 11 is 1.66. The molecule has 0 aliphatic carbocycles. The van der Waals surface area contributed by atoms with Crippen LogP contribution in [0.15, 0.2) is 33.6 Å². The summed E-state index contributed by atoms with van der Waals surface area (Å²) in [5, 5.41) is 4.06. The summed E-state index contributed by atoms with van der Waals surface area (Å²) in [7, 11) is 0. The van der Waals surface area contributed by atoms with Crippen molar-refractivity contribution in [3.05, 3.63) is 35.2 Å². The van der Waals surface area contributed by atoms with Crippen LogP contribution < -0.4 is 0 Å². The lowest BCUT2D eigenvalue weighted by Crippen LogP contribution is -1.61. The second-order valence-corrected chi connectivity index (χ2v) is 2.69. The second kappa shape index (κ2) is 2.31. The molecule has 0 spiro atoms. The maximum absolute atomic E-state index is 5.13. The normalized spacial score (nSPS) is 10.0. The third kappa shape index (κ3) is 0.866. The van der Waals surface area contributed by atoms with E-state index < -0.39 is 0 Å². The van der Waals surface area contributed by atoms with Gasteiger partial charge in [0, 0.05) is 17.0 Å². The lowest BCUT2D eigenvalue weighted by molar-refractivity contribution is 0.582. The van der Waals surface area contributed by atoms with Gasteiger partial charge in [-0.25, -0.2) is 0 Å². The average molecular weight is 149 g/mol.